The second kappa shape index (κ2) is 5.85. The van der Waals surface area contributed by atoms with E-state index in [4.69, 9.17) is 0 Å². The Hall–Kier alpha value is -0.530. The number of alkyl halides is 1. The summed E-state index contributed by atoms with van der Waals surface area (Å²) in [6.45, 7) is 0.722. The highest BCUT2D eigenvalue weighted by Crippen LogP contribution is 2.28. The summed E-state index contributed by atoms with van der Waals surface area (Å²) in [6.07, 6.45) is 1.62. The highest BCUT2D eigenvalue weighted by Gasteiger charge is 2.33. The zero-order chi connectivity index (χ0) is 14.0. The van der Waals surface area contributed by atoms with Gasteiger partial charge in [0, 0.05) is 18.4 Å². The topological polar surface area (TPSA) is 37.4 Å². The summed E-state index contributed by atoms with van der Waals surface area (Å²) >= 11 is 3.32. The van der Waals surface area contributed by atoms with Crippen LogP contribution in [0.1, 0.15) is 12.8 Å². The Labute approximate surface area is 119 Å². The molecule has 0 aromatic heterocycles. The lowest BCUT2D eigenvalue weighted by Crippen LogP contribution is -2.29. The Morgan fingerprint density at radius 3 is 2.79 bits per heavy atom. The molecule has 1 fully saturated rings. The Balaban J connectivity index is 2.26. The maximum atomic E-state index is 13.6. The van der Waals surface area contributed by atoms with Gasteiger partial charge in [-0.3, -0.25) is 0 Å². The number of halogens is 3. The third-order valence-electron chi connectivity index (χ3n) is 3.28. The maximum Gasteiger partial charge on any atom is 0.246 e. The van der Waals surface area contributed by atoms with E-state index in [0.29, 0.717) is 13.1 Å². The van der Waals surface area contributed by atoms with Crippen molar-refractivity contribution in [2.75, 3.05) is 18.4 Å². The predicted octanol–water partition coefficient (Wildman–Crippen LogP) is 2.76. The van der Waals surface area contributed by atoms with E-state index in [9.17, 15) is 17.2 Å². The summed E-state index contributed by atoms with van der Waals surface area (Å²) < 4.78 is 52.5. The van der Waals surface area contributed by atoms with Gasteiger partial charge >= 0.3 is 0 Å². The van der Waals surface area contributed by atoms with E-state index in [1.807, 2.05) is 0 Å². The third-order valence-corrected chi connectivity index (χ3v) is 5.62. The fourth-order valence-electron chi connectivity index (χ4n) is 2.22. The van der Waals surface area contributed by atoms with Gasteiger partial charge in [-0.25, -0.2) is 17.2 Å². The first-order valence-electron chi connectivity index (χ1n) is 5.96. The van der Waals surface area contributed by atoms with Crippen LogP contribution >= 0.6 is 15.9 Å². The number of rotatable bonds is 4. The van der Waals surface area contributed by atoms with Gasteiger partial charge in [-0.05, 0) is 37.0 Å². The fourth-order valence-corrected chi connectivity index (χ4v) is 4.47. The molecule has 1 aliphatic rings. The summed E-state index contributed by atoms with van der Waals surface area (Å²) in [7, 11) is -3.94. The predicted molar refractivity (Wildman–Crippen MR) is 71.6 cm³/mol. The van der Waals surface area contributed by atoms with Gasteiger partial charge in [0.1, 0.15) is 16.5 Å². The Kier molecular flexibility index (Phi) is 4.58. The van der Waals surface area contributed by atoms with Gasteiger partial charge in [0.05, 0.1) is 0 Å². The van der Waals surface area contributed by atoms with Gasteiger partial charge in [0.2, 0.25) is 10.0 Å². The maximum absolute atomic E-state index is 13.6. The first kappa shape index (κ1) is 14.9. The van der Waals surface area contributed by atoms with Gasteiger partial charge in [-0.15, -0.1) is 0 Å². The molecule has 0 saturated carbocycles. The molecule has 1 atom stereocenters. The quantitative estimate of drug-likeness (QED) is 0.780. The molecule has 1 heterocycles. The zero-order valence-corrected chi connectivity index (χ0v) is 12.6. The van der Waals surface area contributed by atoms with E-state index in [-0.39, 0.29) is 5.92 Å². The Morgan fingerprint density at radius 2 is 2.11 bits per heavy atom. The molecule has 106 valence electrons. The largest absolute Gasteiger partial charge is 0.246 e. The Morgan fingerprint density at radius 1 is 1.37 bits per heavy atom. The van der Waals surface area contributed by atoms with Crippen molar-refractivity contribution >= 4 is 26.0 Å². The highest BCUT2D eigenvalue weighted by molar-refractivity contribution is 9.09. The van der Waals surface area contributed by atoms with Crippen LogP contribution in [0.15, 0.2) is 23.1 Å². The van der Waals surface area contributed by atoms with E-state index in [0.717, 1.165) is 36.4 Å². The molecule has 0 aliphatic carbocycles. The minimum Gasteiger partial charge on any atom is -0.207 e. The highest BCUT2D eigenvalue weighted by atomic mass is 79.9. The smallest absolute Gasteiger partial charge is 0.207 e. The Bertz CT molecular complexity index is 565. The lowest BCUT2D eigenvalue weighted by atomic mass is 10.1. The standard InChI is InChI=1S/C12H14BrF2NO2S/c13-5-3-9-4-6-16(8-9)19(17,18)12-7-10(14)1-2-11(12)15/h1-2,7,9H,3-6,8H2. The van der Waals surface area contributed by atoms with Crippen LogP contribution in [0.4, 0.5) is 8.78 Å². The molecule has 1 aliphatic heterocycles. The van der Waals surface area contributed by atoms with Crippen LogP contribution in [-0.2, 0) is 10.0 Å². The van der Waals surface area contributed by atoms with Gasteiger partial charge in [-0.1, -0.05) is 15.9 Å². The van der Waals surface area contributed by atoms with Crippen molar-refractivity contribution in [1.82, 2.24) is 4.31 Å². The average Bonchev–Trinajstić information content (AvgIpc) is 2.82. The molecule has 1 aromatic carbocycles. The molecule has 7 heteroatoms. The molecule has 0 radical (unpaired) electrons. The van der Waals surface area contributed by atoms with Crippen LogP contribution in [0.3, 0.4) is 0 Å². The molecule has 0 spiro atoms. The molecule has 0 bridgehead atoms. The third kappa shape index (κ3) is 3.14. The second-order valence-electron chi connectivity index (χ2n) is 4.57. The van der Waals surface area contributed by atoms with E-state index in [1.165, 1.54) is 4.31 Å². The lowest BCUT2D eigenvalue weighted by Gasteiger charge is -2.17. The van der Waals surface area contributed by atoms with Gasteiger partial charge < -0.3 is 0 Å². The summed E-state index contributed by atoms with van der Waals surface area (Å²) in [5, 5.41) is 0.805. The van der Waals surface area contributed by atoms with E-state index < -0.39 is 26.6 Å². The monoisotopic (exact) mass is 353 g/mol. The number of sulfonamides is 1. The van der Waals surface area contributed by atoms with Crippen molar-refractivity contribution in [2.24, 2.45) is 5.92 Å². The second-order valence-corrected chi connectivity index (χ2v) is 7.27. The first-order valence-corrected chi connectivity index (χ1v) is 8.52. The molecule has 1 unspecified atom stereocenters. The van der Waals surface area contributed by atoms with E-state index in [2.05, 4.69) is 15.9 Å². The van der Waals surface area contributed by atoms with Crippen LogP contribution in [-0.4, -0.2) is 31.1 Å². The molecule has 0 amide bonds. The van der Waals surface area contributed by atoms with Crippen LogP contribution < -0.4 is 0 Å². The minimum atomic E-state index is -3.94. The van der Waals surface area contributed by atoms with Crippen LogP contribution in [0.5, 0.6) is 0 Å². The van der Waals surface area contributed by atoms with Crippen molar-refractivity contribution < 1.29 is 17.2 Å². The van der Waals surface area contributed by atoms with Crippen LogP contribution in [0.2, 0.25) is 0 Å². The van der Waals surface area contributed by atoms with Crippen molar-refractivity contribution in [2.45, 2.75) is 17.7 Å². The van der Waals surface area contributed by atoms with Crippen LogP contribution in [0, 0.1) is 17.6 Å². The molecule has 3 nitrogen and oxygen atoms in total. The van der Waals surface area contributed by atoms with Crippen molar-refractivity contribution in [1.29, 1.82) is 0 Å². The van der Waals surface area contributed by atoms with Crippen molar-refractivity contribution in [3.8, 4) is 0 Å². The lowest BCUT2D eigenvalue weighted by molar-refractivity contribution is 0.447. The summed E-state index contributed by atoms with van der Waals surface area (Å²) in [5.41, 5.74) is 0. The molecule has 1 aromatic rings. The first-order chi connectivity index (χ1) is 8.95. The van der Waals surface area contributed by atoms with Gasteiger partial charge in [0.15, 0.2) is 0 Å². The molecule has 19 heavy (non-hydrogen) atoms. The molecule has 1 saturated heterocycles. The average molecular weight is 354 g/mol. The summed E-state index contributed by atoms with van der Waals surface area (Å²) in [4.78, 5) is -0.577. The van der Waals surface area contributed by atoms with E-state index in [1.54, 1.807) is 0 Å². The number of benzene rings is 1. The fraction of sp³-hybridized carbons (Fsp3) is 0.500. The minimum absolute atomic E-state index is 0.269. The zero-order valence-electron chi connectivity index (χ0n) is 10.2. The van der Waals surface area contributed by atoms with Crippen LogP contribution in [0.25, 0.3) is 0 Å². The summed E-state index contributed by atoms with van der Waals surface area (Å²) in [5.74, 6) is -1.40. The number of hydrogen-bond acceptors (Lipinski definition) is 2. The van der Waals surface area contributed by atoms with Crippen molar-refractivity contribution in [3.05, 3.63) is 29.8 Å². The number of nitrogens with zero attached hydrogens (tertiary/aromatic N) is 1. The van der Waals surface area contributed by atoms with E-state index >= 15 is 0 Å². The SMILES string of the molecule is O=S(=O)(c1cc(F)ccc1F)N1CCC(CCBr)C1. The number of hydrogen-bond donors (Lipinski definition) is 0. The normalized spacial score (nSPS) is 20.9. The summed E-state index contributed by atoms with van der Waals surface area (Å²) in [6, 6.07) is 2.49. The molecular formula is C12H14BrF2NO2S. The van der Waals surface area contributed by atoms with Gasteiger partial charge in [0.25, 0.3) is 0 Å². The molecule has 2 rings (SSSR count). The molecular weight excluding hydrogens is 340 g/mol. The van der Waals surface area contributed by atoms with Crippen molar-refractivity contribution in [3.63, 3.8) is 0 Å². The molecule has 0 N–H and O–H groups in total. The van der Waals surface area contributed by atoms with Gasteiger partial charge in [-0.2, -0.15) is 4.31 Å².